The molecule has 0 rings (SSSR count). The molecule has 180 valence electrons. The molecule has 0 heterocycles. The van der Waals surface area contributed by atoms with Crippen LogP contribution in [0.1, 0.15) is 47.0 Å². The van der Waals surface area contributed by atoms with Crippen LogP contribution in [0.3, 0.4) is 0 Å². The van der Waals surface area contributed by atoms with E-state index in [0.29, 0.717) is 19.3 Å². The van der Waals surface area contributed by atoms with Gasteiger partial charge in [-0.25, -0.2) is 4.79 Å². The number of hydrogen-bond donors (Lipinski definition) is 6. The third kappa shape index (κ3) is 10.1. The molecule has 0 aliphatic heterocycles. The van der Waals surface area contributed by atoms with Crippen LogP contribution in [0, 0.1) is 11.8 Å². The van der Waals surface area contributed by atoms with Crippen molar-refractivity contribution in [3.05, 3.63) is 0 Å². The topological polar surface area (TPSA) is 151 Å². The molecule has 0 aromatic carbocycles. The van der Waals surface area contributed by atoms with Crippen LogP contribution in [0.2, 0.25) is 0 Å². The van der Waals surface area contributed by atoms with E-state index in [1.807, 2.05) is 27.0 Å². The molecule has 0 aliphatic rings. The van der Waals surface area contributed by atoms with Gasteiger partial charge < -0.3 is 26.8 Å². The Balaban J connectivity index is 5.28. The first-order valence-electron chi connectivity index (χ1n) is 10.5. The lowest BCUT2D eigenvalue weighted by molar-refractivity contribution is -0.143. The smallest absolute Gasteiger partial charge is 0.326 e. The minimum Gasteiger partial charge on any atom is -0.480 e. The maximum atomic E-state index is 12.9. The van der Waals surface area contributed by atoms with Crippen LogP contribution < -0.4 is 21.7 Å². The van der Waals surface area contributed by atoms with Gasteiger partial charge in [-0.2, -0.15) is 24.4 Å². The van der Waals surface area contributed by atoms with Gasteiger partial charge in [0.05, 0.1) is 6.04 Å². The molecule has 0 fully saturated rings. The van der Waals surface area contributed by atoms with Gasteiger partial charge in [0.1, 0.15) is 18.1 Å². The van der Waals surface area contributed by atoms with E-state index >= 15 is 0 Å². The molecule has 0 bridgehead atoms. The summed E-state index contributed by atoms with van der Waals surface area (Å²) in [6.07, 6.45) is 3.58. The molecule has 6 atom stereocenters. The number of carbonyl (C=O) groups is 4. The minimum absolute atomic E-state index is 0.0289. The second-order valence-corrected chi connectivity index (χ2v) is 9.06. The van der Waals surface area contributed by atoms with Crippen molar-refractivity contribution in [1.29, 1.82) is 0 Å². The van der Waals surface area contributed by atoms with Gasteiger partial charge in [-0.05, 0) is 30.3 Å². The Hall–Kier alpha value is -1.46. The lowest BCUT2D eigenvalue weighted by Crippen LogP contribution is -2.59. The number of carbonyl (C=O) groups excluding carboxylic acids is 3. The number of carboxylic acid groups (broad SMARTS) is 1. The van der Waals surface area contributed by atoms with E-state index in [2.05, 4.69) is 28.6 Å². The van der Waals surface area contributed by atoms with Gasteiger partial charge in [0.25, 0.3) is 0 Å². The Kier molecular flexibility index (Phi) is 14.6. The van der Waals surface area contributed by atoms with Crippen LogP contribution in [0.5, 0.6) is 0 Å². The highest BCUT2D eigenvalue weighted by molar-refractivity contribution is 7.98. The Bertz CT molecular complexity index is 608. The number of nitrogens with one attached hydrogen (secondary N) is 3. The Morgan fingerprint density at radius 2 is 1.45 bits per heavy atom. The van der Waals surface area contributed by atoms with Crippen LogP contribution >= 0.6 is 24.4 Å². The summed E-state index contributed by atoms with van der Waals surface area (Å²) in [6.45, 7) is 7.25. The monoisotopic (exact) mass is 478 g/mol. The standard InChI is InChI=1S/C20H38N4O5S2/c1-6-11(3)15(23-17(25)13(21)8-9-31-5)19(27)22-14(10-30)18(26)24-16(20(28)29)12(4)7-2/h11-16,30H,6-10,21H2,1-5H3,(H,22,27)(H,23,25)(H,24,26)(H,28,29). The Labute approximate surface area is 194 Å². The summed E-state index contributed by atoms with van der Waals surface area (Å²) in [7, 11) is 0. The van der Waals surface area contributed by atoms with Crippen molar-refractivity contribution < 1.29 is 24.3 Å². The molecule has 0 radical (unpaired) electrons. The second kappa shape index (κ2) is 15.4. The van der Waals surface area contributed by atoms with Crippen LogP contribution in [0.25, 0.3) is 0 Å². The van der Waals surface area contributed by atoms with Gasteiger partial charge in [0.2, 0.25) is 17.7 Å². The zero-order chi connectivity index (χ0) is 24.1. The summed E-state index contributed by atoms with van der Waals surface area (Å²) in [6, 6.07) is -3.73. The van der Waals surface area contributed by atoms with Crippen LogP contribution in [-0.2, 0) is 19.2 Å². The number of carboxylic acids is 1. The molecule has 0 saturated heterocycles. The van der Waals surface area contributed by atoms with Gasteiger partial charge in [-0.15, -0.1) is 0 Å². The fraction of sp³-hybridized carbons (Fsp3) is 0.800. The number of thioether (sulfide) groups is 1. The first kappa shape index (κ1) is 29.5. The fourth-order valence-corrected chi connectivity index (χ4v) is 3.48. The highest BCUT2D eigenvalue weighted by atomic mass is 32.2. The van der Waals surface area contributed by atoms with E-state index < -0.39 is 47.9 Å². The maximum Gasteiger partial charge on any atom is 0.326 e. The van der Waals surface area contributed by atoms with Crippen molar-refractivity contribution in [3.8, 4) is 0 Å². The van der Waals surface area contributed by atoms with Crippen molar-refractivity contribution in [3.63, 3.8) is 0 Å². The van der Waals surface area contributed by atoms with E-state index in [0.717, 1.165) is 5.75 Å². The van der Waals surface area contributed by atoms with Crippen molar-refractivity contribution in [2.24, 2.45) is 17.6 Å². The van der Waals surface area contributed by atoms with Crippen molar-refractivity contribution >= 4 is 48.1 Å². The summed E-state index contributed by atoms with van der Waals surface area (Å²) in [5, 5.41) is 17.1. The lowest BCUT2D eigenvalue weighted by atomic mass is 9.97. The normalized spacial score (nSPS) is 16.9. The Morgan fingerprint density at radius 1 is 0.935 bits per heavy atom. The highest BCUT2D eigenvalue weighted by Gasteiger charge is 2.32. The Morgan fingerprint density at radius 3 is 1.90 bits per heavy atom. The van der Waals surface area contributed by atoms with Crippen LogP contribution in [0.4, 0.5) is 0 Å². The minimum atomic E-state index is -1.14. The lowest BCUT2D eigenvalue weighted by Gasteiger charge is -2.28. The third-order valence-electron chi connectivity index (χ3n) is 5.36. The molecule has 0 spiro atoms. The van der Waals surface area contributed by atoms with Gasteiger partial charge >= 0.3 is 5.97 Å². The molecular weight excluding hydrogens is 440 g/mol. The molecule has 0 aromatic rings. The number of hydrogen-bond acceptors (Lipinski definition) is 7. The van der Waals surface area contributed by atoms with Crippen molar-refractivity contribution in [2.75, 3.05) is 17.8 Å². The second-order valence-electron chi connectivity index (χ2n) is 7.71. The molecule has 6 N–H and O–H groups in total. The van der Waals surface area contributed by atoms with Gasteiger partial charge in [-0.3, -0.25) is 14.4 Å². The summed E-state index contributed by atoms with van der Waals surface area (Å²) in [4.78, 5) is 49.4. The molecule has 0 aromatic heterocycles. The molecule has 9 nitrogen and oxygen atoms in total. The number of aliphatic carboxylic acids is 1. The quantitative estimate of drug-likeness (QED) is 0.189. The van der Waals surface area contributed by atoms with Gasteiger partial charge in [-0.1, -0.05) is 40.5 Å². The van der Waals surface area contributed by atoms with E-state index in [1.165, 1.54) is 0 Å². The number of rotatable bonds is 15. The summed E-state index contributed by atoms with van der Waals surface area (Å²) < 4.78 is 0. The third-order valence-corrected chi connectivity index (χ3v) is 6.36. The fourth-order valence-electron chi connectivity index (χ4n) is 2.73. The van der Waals surface area contributed by atoms with Crippen molar-refractivity contribution in [2.45, 2.75) is 71.1 Å². The predicted octanol–water partition coefficient (Wildman–Crippen LogP) is 0.628. The zero-order valence-electron chi connectivity index (χ0n) is 19.0. The molecule has 0 aliphatic carbocycles. The van der Waals surface area contributed by atoms with Crippen LogP contribution in [0.15, 0.2) is 0 Å². The van der Waals surface area contributed by atoms with Crippen molar-refractivity contribution in [1.82, 2.24) is 16.0 Å². The first-order valence-corrected chi connectivity index (χ1v) is 12.6. The van der Waals surface area contributed by atoms with E-state index in [4.69, 9.17) is 5.73 Å². The summed E-state index contributed by atoms with van der Waals surface area (Å²) in [5.41, 5.74) is 5.90. The zero-order valence-corrected chi connectivity index (χ0v) is 20.7. The average molecular weight is 479 g/mol. The molecule has 11 heteroatoms. The average Bonchev–Trinajstić information content (AvgIpc) is 2.75. The van der Waals surface area contributed by atoms with E-state index in [-0.39, 0.29) is 17.6 Å². The van der Waals surface area contributed by atoms with E-state index in [9.17, 15) is 24.3 Å². The molecule has 0 saturated carbocycles. The molecule has 6 unspecified atom stereocenters. The SMILES string of the molecule is CCC(C)C(NC(=O)C(CS)NC(=O)C(NC(=O)C(N)CCSC)C(C)CC)C(=O)O. The largest absolute Gasteiger partial charge is 0.480 e. The molecular formula is C20H38N4O5S2. The summed E-state index contributed by atoms with van der Waals surface area (Å²) in [5.74, 6) is -2.54. The highest BCUT2D eigenvalue weighted by Crippen LogP contribution is 2.11. The van der Waals surface area contributed by atoms with Crippen LogP contribution in [-0.4, -0.2) is 70.7 Å². The van der Waals surface area contributed by atoms with E-state index in [1.54, 1.807) is 18.7 Å². The number of amides is 3. The number of nitrogens with two attached hydrogens (primary N) is 1. The molecule has 3 amide bonds. The van der Waals surface area contributed by atoms with Gasteiger partial charge in [0.15, 0.2) is 0 Å². The molecule has 31 heavy (non-hydrogen) atoms. The summed E-state index contributed by atoms with van der Waals surface area (Å²) >= 11 is 5.70. The van der Waals surface area contributed by atoms with Gasteiger partial charge in [0, 0.05) is 5.75 Å². The number of thiol groups is 1. The predicted molar refractivity (Wildman–Crippen MR) is 127 cm³/mol. The first-order chi connectivity index (χ1) is 14.5. The maximum absolute atomic E-state index is 12.9.